The van der Waals surface area contributed by atoms with Crippen molar-refractivity contribution in [2.24, 2.45) is 5.92 Å². The van der Waals surface area contributed by atoms with Crippen LogP contribution in [0.5, 0.6) is 0 Å². The summed E-state index contributed by atoms with van der Waals surface area (Å²) in [5.41, 5.74) is 3.30. The molecule has 0 saturated carbocycles. The maximum absolute atomic E-state index is 12.5. The summed E-state index contributed by atoms with van der Waals surface area (Å²) < 4.78 is 2.10. The Bertz CT molecular complexity index is 684. The number of carbonyl (C=O) groups is 1. The molecule has 3 rings (SSSR count). The van der Waals surface area contributed by atoms with Gasteiger partial charge < -0.3 is 9.88 Å². The Balaban J connectivity index is 1.46. The van der Waals surface area contributed by atoms with Gasteiger partial charge in [0.15, 0.2) is 0 Å². The van der Waals surface area contributed by atoms with Gasteiger partial charge in [-0.3, -0.25) is 9.69 Å². The summed E-state index contributed by atoms with van der Waals surface area (Å²) in [5.74, 6) is 0.259. The number of rotatable bonds is 6. The van der Waals surface area contributed by atoms with Crippen molar-refractivity contribution in [3.8, 4) is 0 Å². The quantitative estimate of drug-likeness (QED) is 0.878. The third-order valence-corrected chi connectivity index (χ3v) is 5.03. The summed E-state index contributed by atoms with van der Waals surface area (Å²) in [7, 11) is 0. The SMILES string of the molecule is CCc1ccc(NC(=O)C2CCN(Cc3cn(CC)cn3)CC2)cc1. The second kappa shape index (κ2) is 8.30. The summed E-state index contributed by atoms with van der Waals surface area (Å²) >= 11 is 0. The average molecular weight is 340 g/mol. The second-order valence-electron chi connectivity index (χ2n) is 6.79. The van der Waals surface area contributed by atoms with Crippen molar-refractivity contribution < 1.29 is 4.79 Å². The van der Waals surface area contributed by atoms with E-state index in [2.05, 4.69) is 51.9 Å². The zero-order valence-corrected chi connectivity index (χ0v) is 15.2. The molecule has 1 fully saturated rings. The molecule has 1 saturated heterocycles. The van der Waals surface area contributed by atoms with Gasteiger partial charge in [-0.2, -0.15) is 0 Å². The molecular formula is C20H28N4O. The molecule has 0 aliphatic carbocycles. The highest BCUT2D eigenvalue weighted by atomic mass is 16.1. The van der Waals surface area contributed by atoms with Crippen molar-refractivity contribution in [2.45, 2.75) is 46.2 Å². The number of nitrogens with zero attached hydrogens (tertiary/aromatic N) is 3. The number of aromatic nitrogens is 2. The van der Waals surface area contributed by atoms with E-state index in [1.54, 1.807) is 0 Å². The smallest absolute Gasteiger partial charge is 0.227 e. The van der Waals surface area contributed by atoms with E-state index in [9.17, 15) is 4.79 Å². The Morgan fingerprint density at radius 2 is 1.92 bits per heavy atom. The highest BCUT2D eigenvalue weighted by molar-refractivity contribution is 5.92. The van der Waals surface area contributed by atoms with Gasteiger partial charge in [-0.15, -0.1) is 0 Å². The average Bonchev–Trinajstić information content (AvgIpc) is 3.10. The van der Waals surface area contributed by atoms with E-state index in [-0.39, 0.29) is 11.8 Å². The molecular weight excluding hydrogens is 312 g/mol. The lowest BCUT2D eigenvalue weighted by molar-refractivity contribution is -0.121. The lowest BCUT2D eigenvalue weighted by Crippen LogP contribution is -2.37. The number of carbonyl (C=O) groups excluding carboxylic acids is 1. The maximum atomic E-state index is 12.5. The first-order chi connectivity index (χ1) is 12.2. The zero-order valence-electron chi connectivity index (χ0n) is 15.2. The van der Waals surface area contributed by atoms with Gasteiger partial charge in [0.25, 0.3) is 0 Å². The summed E-state index contributed by atoms with van der Waals surface area (Å²) in [5, 5.41) is 3.07. The lowest BCUT2D eigenvalue weighted by atomic mass is 9.95. The summed E-state index contributed by atoms with van der Waals surface area (Å²) in [6.45, 7) is 7.98. The number of nitrogens with one attached hydrogen (secondary N) is 1. The molecule has 2 aromatic rings. The van der Waals surface area contributed by atoms with Crippen LogP contribution in [0.3, 0.4) is 0 Å². The first-order valence-electron chi connectivity index (χ1n) is 9.30. The Labute approximate surface area is 150 Å². The number of benzene rings is 1. The Morgan fingerprint density at radius 1 is 1.20 bits per heavy atom. The van der Waals surface area contributed by atoms with Crippen LogP contribution in [0.1, 0.15) is 37.9 Å². The van der Waals surface area contributed by atoms with Gasteiger partial charge >= 0.3 is 0 Å². The maximum Gasteiger partial charge on any atom is 0.227 e. The minimum atomic E-state index is 0.107. The normalized spacial score (nSPS) is 16.1. The van der Waals surface area contributed by atoms with Crippen molar-refractivity contribution in [1.82, 2.24) is 14.5 Å². The molecule has 0 atom stereocenters. The van der Waals surface area contributed by atoms with Crippen LogP contribution in [0.15, 0.2) is 36.8 Å². The number of hydrogen-bond donors (Lipinski definition) is 1. The molecule has 0 spiro atoms. The van der Waals surface area contributed by atoms with Crippen LogP contribution in [-0.2, 0) is 24.3 Å². The third-order valence-electron chi connectivity index (χ3n) is 5.03. The predicted molar refractivity (Wildman–Crippen MR) is 100 cm³/mol. The van der Waals surface area contributed by atoms with Gasteiger partial charge in [-0.25, -0.2) is 4.98 Å². The topological polar surface area (TPSA) is 50.2 Å². The van der Waals surface area contributed by atoms with Gasteiger partial charge in [0.2, 0.25) is 5.91 Å². The number of piperidine rings is 1. The Kier molecular flexibility index (Phi) is 5.87. The van der Waals surface area contributed by atoms with E-state index in [1.165, 1.54) is 5.56 Å². The number of anilines is 1. The van der Waals surface area contributed by atoms with Gasteiger partial charge in [0, 0.05) is 30.9 Å². The molecule has 5 nitrogen and oxygen atoms in total. The molecule has 2 heterocycles. The van der Waals surface area contributed by atoms with Crippen molar-refractivity contribution in [3.05, 3.63) is 48.0 Å². The molecule has 1 aliphatic rings. The number of imidazole rings is 1. The van der Waals surface area contributed by atoms with E-state index >= 15 is 0 Å². The number of likely N-dealkylation sites (tertiary alicyclic amines) is 1. The minimum absolute atomic E-state index is 0.107. The summed E-state index contributed by atoms with van der Waals surface area (Å²) in [4.78, 5) is 19.3. The summed E-state index contributed by atoms with van der Waals surface area (Å²) in [6, 6.07) is 8.15. The lowest BCUT2D eigenvalue weighted by Gasteiger charge is -2.30. The van der Waals surface area contributed by atoms with Crippen LogP contribution >= 0.6 is 0 Å². The number of hydrogen-bond acceptors (Lipinski definition) is 3. The molecule has 0 bridgehead atoms. The predicted octanol–water partition coefficient (Wildman–Crippen LogP) is 3.32. The monoisotopic (exact) mass is 340 g/mol. The summed E-state index contributed by atoms with van der Waals surface area (Å²) in [6.07, 6.45) is 6.84. The molecule has 1 aliphatic heterocycles. The molecule has 1 aromatic heterocycles. The van der Waals surface area contributed by atoms with E-state index in [4.69, 9.17) is 0 Å². The largest absolute Gasteiger partial charge is 0.337 e. The molecule has 25 heavy (non-hydrogen) atoms. The highest BCUT2D eigenvalue weighted by Crippen LogP contribution is 2.21. The van der Waals surface area contributed by atoms with Crippen molar-refractivity contribution in [3.63, 3.8) is 0 Å². The molecule has 1 aromatic carbocycles. The van der Waals surface area contributed by atoms with Crippen LogP contribution in [-0.4, -0.2) is 33.4 Å². The third kappa shape index (κ3) is 4.69. The second-order valence-corrected chi connectivity index (χ2v) is 6.79. The molecule has 0 radical (unpaired) electrons. The van der Waals surface area contributed by atoms with Crippen molar-refractivity contribution >= 4 is 11.6 Å². The van der Waals surface area contributed by atoms with Crippen molar-refractivity contribution in [2.75, 3.05) is 18.4 Å². The van der Waals surface area contributed by atoms with Gasteiger partial charge in [0.1, 0.15) is 0 Å². The number of amides is 1. The Hall–Kier alpha value is -2.14. The van der Waals surface area contributed by atoms with Crippen LogP contribution in [0.2, 0.25) is 0 Å². The molecule has 1 amide bonds. The van der Waals surface area contributed by atoms with E-state index < -0.39 is 0 Å². The van der Waals surface area contributed by atoms with Crippen LogP contribution in [0, 0.1) is 5.92 Å². The Morgan fingerprint density at radius 3 is 2.52 bits per heavy atom. The van der Waals surface area contributed by atoms with Gasteiger partial charge in [-0.1, -0.05) is 19.1 Å². The first kappa shape index (κ1) is 17.7. The highest BCUT2D eigenvalue weighted by Gasteiger charge is 2.25. The van der Waals surface area contributed by atoms with E-state index in [1.807, 2.05) is 18.5 Å². The standard InChI is InChI=1S/C20H28N4O/c1-3-16-5-7-18(8-6-16)22-20(25)17-9-11-24(12-10-17)14-19-13-23(4-2)15-21-19/h5-8,13,15,17H,3-4,9-12,14H2,1-2H3,(H,22,25). The van der Waals surface area contributed by atoms with E-state index in [0.717, 1.165) is 56.8 Å². The molecule has 1 N–H and O–H groups in total. The minimum Gasteiger partial charge on any atom is -0.337 e. The van der Waals surface area contributed by atoms with Crippen molar-refractivity contribution in [1.29, 1.82) is 0 Å². The molecule has 0 unspecified atom stereocenters. The fourth-order valence-corrected chi connectivity index (χ4v) is 3.31. The molecule has 134 valence electrons. The van der Waals surface area contributed by atoms with Gasteiger partial charge in [0.05, 0.1) is 12.0 Å². The van der Waals surface area contributed by atoms with Gasteiger partial charge in [-0.05, 0) is 57.0 Å². The fraction of sp³-hybridized carbons (Fsp3) is 0.500. The fourth-order valence-electron chi connectivity index (χ4n) is 3.31. The zero-order chi connectivity index (χ0) is 17.6. The van der Waals surface area contributed by atoms with Crippen LogP contribution < -0.4 is 5.32 Å². The molecule has 5 heteroatoms. The first-order valence-corrected chi connectivity index (χ1v) is 9.30. The van der Waals surface area contributed by atoms with Crippen LogP contribution in [0.25, 0.3) is 0 Å². The number of aryl methyl sites for hydroxylation is 2. The van der Waals surface area contributed by atoms with E-state index in [0.29, 0.717) is 0 Å². The van der Waals surface area contributed by atoms with Crippen LogP contribution in [0.4, 0.5) is 5.69 Å².